The molecular weight excluding hydrogens is 347 g/mol. The summed E-state index contributed by atoms with van der Waals surface area (Å²) in [5.74, 6) is 0.160. The third-order valence-electron chi connectivity index (χ3n) is 3.45. The van der Waals surface area contributed by atoms with Crippen LogP contribution < -0.4 is 15.4 Å². The lowest BCUT2D eigenvalue weighted by molar-refractivity contribution is -0.118. The Labute approximate surface area is 152 Å². The van der Waals surface area contributed by atoms with Gasteiger partial charge in [-0.15, -0.1) is 0 Å². The summed E-state index contributed by atoms with van der Waals surface area (Å²) in [5.41, 5.74) is 1.73. The Balaban J connectivity index is 1.85. The minimum atomic E-state index is -0.261. The van der Waals surface area contributed by atoms with Crippen LogP contribution in [0.25, 0.3) is 0 Å². The molecule has 4 nitrogen and oxygen atoms in total. The van der Waals surface area contributed by atoms with E-state index in [-0.39, 0.29) is 12.5 Å². The molecule has 0 aliphatic heterocycles. The molecule has 0 saturated carbocycles. The van der Waals surface area contributed by atoms with E-state index in [0.29, 0.717) is 27.5 Å². The van der Waals surface area contributed by atoms with E-state index in [1.165, 1.54) is 0 Å². The van der Waals surface area contributed by atoms with Crippen molar-refractivity contribution >= 4 is 40.5 Å². The van der Waals surface area contributed by atoms with Crippen LogP contribution in [0.1, 0.15) is 20.3 Å². The van der Waals surface area contributed by atoms with Gasteiger partial charge < -0.3 is 15.4 Å². The summed E-state index contributed by atoms with van der Waals surface area (Å²) in [7, 11) is 0. The molecule has 0 heterocycles. The Morgan fingerprint density at radius 2 is 1.79 bits per heavy atom. The highest BCUT2D eigenvalue weighted by Crippen LogP contribution is 2.27. The van der Waals surface area contributed by atoms with Gasteiger partial charge in [0.25, 0.3) is 5.91 Å². The van der Waals surface area contributed by atoms with Crippen molar-refractivity contribution in [3.8, 4) is 5.75 Å². The van der Waals surface area contributed by atoms with Gasteiger partial charge in [-0.2, -0.15) is 0 Å². The maximum absolute atomic E-state index is 12.0. The molecule has 24 heavy (non-hydrogen) atoms. The van der Waals surface area contributed by atoms with Crippen molar-refractivity contribution in [1.29, 1.82) is 0 Å². The molecule has 0 aliphatic carbocycles. The minimum Gasteiger partial charge on any atom is -0.482 e. The van der Waals surface area contributed by atoms with E-state index >= 15 is 0 Å². The van der Waals surface area contributed by atoms with Gasteiger partial charge in [0.05, 0.1) is 5.02 Å². The maximum Gasteiger partial charge on any atom is 0.262 e. The number of ether oxygens (including phenoxy) is 1. The number of nitrogens with one attached hydrogen (secondary N) is 2. The predicted molar refractivity (Wildman–Crippen MR) is 100 cm³/mol. The molecule has 2 aromatic rings. The smallest absolute Gasteiger partial charge is 0.262 e. The molecule has 0 aromatic heterocycles. The zero-order chi connectivity index (χ0) is 17.5. The summed E-state index contributed by atoms with van der Waals surface area (Å²) in [6.07, 6.45) is 1.04. The van der Waals surface area contributed by atoms with Crippen LogP contribution in [0, 0.1) is 0 Å². The molecular formula is C18H20Cl2N2O2. The number of rotatable bonds is 7. The van der Waals surface area contributed by atoms with Crippen LogP contribution in [-0.4, -0.2) is 18.6 Å². The van der Waals surface area contributed by atoms with E-state index in [1.54, 1.807) is 18.2 Å². The lowest BCUT2D eigenvalue weighted by Gasteiger charge is -2.13. The van der Waals surface area contributed by atoms with Crippen LogP contribution in [0.5, 0.6) is 5.75 Å². The van der Waals surface area contributed by atoms with Crippen molar-refractivity contribution < 1.29 is 9.53 Å². The summed E-state index contributed by atoms with van der Waals surface area (Å²) in [4.78, 5) is 12.0. The van der Waals surface area contributed by atoms with Crippen LogP contribution in [0.2, 0.25) is 10.0 Å². The summed E-state index contributed by atoms with van der Waals surface area (Å²) in [6.45, 7) is 4.11. The van der Waals surface area contributed by atoms with E-state index in [9.17, 15) is 4.79 Å². The maximum atomic E-state index is 12.0. The predicted octanol–water partition coefficient (Wildman–Crippen LogP) is 5.22. The van der Waals surface area contributed by atoms with Crippen molar-refractivity contribution in [3.05, 3.63) is 52.5 Å². The molecule has 128 valence electrons. The average molecular weight is 367 g/mol. The number of halogens is 2. The van der Waals surface area contributed by atoms with Crippen molar-refractivity contribution in [2.24, 2.45) is 0 Å². The molecule has 1 unspecified atom stereocenters. The van der Waals surface area contributed by atoms with Crippen molar-refractivity contribution in [1.82, 2.24) is 0 Å². The summed E-state index contributed by atoms with van der Waals surface area (Å²) in [5, 5.41) is 7.03. The number of anilines is 2. The lowest BCUT2D eigenvalue weighted by atomic mass is 10.2. The summed E-state index contributed by atoms with van der Waals surface area (Å²) in [6, 6.07) is 12.8. The van der Waals surface area contributed by atoms with Gasteiger partial charge >= 0.3 is 0 Å². The van der Waals surface area contributed by atoms with E-state index in [2.05, 4.69) is 24.5 Å². The fourth-order valence-corrected chi connectivity index (χ4v) is 2.43. The molecule has 0 fully saturated rings. The first-order valence-electron chi connectivity index (χ1n) is 7.72. The Kier molecular flexibility index (Phi) is 6.76. The molecule has 2 rings (SSSR count). The van der Waals surface area contributed by atoms with E-state index < -0.39 is 0 Å². The number of carbonyl (C=O) groups excluding carboxylic acids is 1. The molecule has 0 radical (unpaired) electrons. The topological polar surface area (TPSA) is 50.4 Å². The van der Waals surface area contributed by atoms with Gasteiger partial charge in [-0.25, -0.2) is 0 Å². The first-order valence-corrected chi connectivity index (χ1v) is 8.48. The van der Waals surface area contributed by atoms with Gasteiger partial charge in [-0.1, -0.05) is 30.1 Å². The molecule has 2 aromatic carbocycles. The second kappa shape index (κ2) is 8.81. The van der Waals surface area contributed by atoms with Crippen molar-refractivity contribution in [3.63, 3.8) is 0 Å². The number of amides is 1. The summed E-state index contributed by atoms with van der Waals surface area (Å²) >= 11 is 11.8. The van der Waals surface area contributed by atoms with Gasteiger partial charge in [0.2, 0.25) is 0 Å². The van der Waals surface area contributed by atoms with Crippen LogP contribution in [0.3, 0.4) is 0 Å². The minimum absolute atomic E-state index is 0.131. The summed E-state index contributed by atoms with van der Waals surface area (Å²) < 4.78 is 5.40. The normalized spacial score (nSPS) is 11.7. The standard InChI is InChI=1S/C18H20Cl2N2O2/c1-3-12(2)21-14-5-7-15(8-6-14)22-18(23)11-24-17-9-4-13(19)10-16(17)20/h4-10,12,21H,3,11H2,1-2H3,(H,22,23). The van der Waals surface area contributed by atoms with Gasteiger partial charge in [-0.05, 0) is 55.8 Å². The number of hydrogen-bond donors (Lipinski definition) is 2. The molecule has 0 saturated heterocycles. The third kappa shape index (κ3) is 5.62. The van der Waals surface area contributed by atoms with Gasteiger partial charge in [0.1, 0.15) is 5.75 Å². The monoisotopic (exact) mass is 366 g/mol. The van der Waals surface area contributed by atoms with Gasteiger partial charge in [0.15, 0.2) is 6.61 Å². The van der Waals surface area contributed by atoms with Crippen LogP contribution >= 0.6 is 23.2 Å². The van der Waals surface area contributed by atoms with E-state index in [4.69, 9.17) is 27.9 Å². The largest absolute Gasteiger partial charge is 0.482 e. The first kappa shape index (κ1) is 18.4. The number of hydrogen-bond acceptors (Lipinski definition) is 3. The molecule has 0 bridgehead atoms. The van der Waals surface area contributed by atoms with E-state index in [1.807, 2.05) is 24.3 Å². The number of carbonyl (C=O) groups is 1. The van der Waals surface area contributed by atoms with Crippen molar-refractivity contribution in [2.45, 2.75) is 26.3 Å². The molecule has 2 N–H and O–H groups in total. The van der Waals surface area contributed by atoms with Crippen LogP contribution in [0.15, 0.2) is 42.5 Å². The SMILES string of the molecule is CCC(C)Nc1ccc(NC(=O)COc2ccc(Cl)cc2Cl)cc1. The van der Waals surface area contributed by atoms with Gasteiger partial charge in [-0.3, -0.25) is 4.79 Å². The zero-order valence-corrected chi connectivity index (χ0v) is 15.1. The third-order valence-corrected chi connectivity index (χ3v) is 3.98. The highest BCUT2D eigenvalue weighted by molar-refractivity contribution is 6.35. The quantitative estimate of drug-likeness (QED) is 0.705. The zero-order valence-electron chi connectivity index (χ0n) is 13.6. The average Bonchev–Trinajstić information content (AvgIpc) is 2.55. The van der Waals surface area contributed by atoms with Crippen molar-refractivity contribution in [2.75, 3.05) is 17.2 Å². The number of benzene rings is 2. The van der Waals surface area contributed by atoms with Gasteiger partial charge in [0, 0.05) is 22.4 Å². The van der Waals surface area contributed by atoms with E-state index in [0.717, 1.165) is 12.1 Å². The molecule has 1 amide bonds. The fraction of sp³-hybridized carbons (Fsp3) is 0.278. The Morgan fingerprint density at radius 1 is 1.12 bits per heavy atom. The Morgan fingerprint density at radius 3 is 2.42 bits per heavy atom. The van der Waals surface area contributed by atoms with Crippen LogP contribution in [0.4, 0.5) is 11.4 Å². The lowest BCUT2D eigenvalue weighted by Crippen LogP contribution is -2.20. The molecule has 0 aliphatic rings. The molecule has 1 atom stereocenters. The Hall–Kier alpha value is -1.91. The highest BCUT2D eigenvalue weighted by Gasteiger charge is 2.07. The Bertz CT molecular complexity index is 690. The fourth-order valence-electron chi connectivity index (χ4n) is 1.97. The molecule has 0 spiro atoms. The second-order valence-electron chi connectivity index (χ2n) is 5.44. The molecule has 6 heteroatoms. The highest BCUT2D eigenvalue weighted by atomic mass is 35.5. The first-order chi connectivity index (χ1) is 11.5. The second-order valence-corrected chi connectivity index (χ2v) is 6.29. The van der Waals surface area contributed by atoms with Crippen LogP contribution in [-0.2, 0) is 4.79 Å².